The van der Waals surface area contributed by atoms with Gasteiger partial charge in [0.05, 0.1) is 5.69 Å². The highest BCUT2D eigenvalue weighted by Crippen LogP contribution is 2.20. The molecule has 2 rings (SSSR count). The molecule has 2 heterocycles. The molecule has 0 saturated heterocycles. The second-order valence-electron chi connectivity index (χ2n) is 3.64. The van der Waals surface area contributed by atoms with Crippen LogP contribution in [-0.2, 0) is 19.2 Å². The molecule has 0 unspecified atom stereocenters. The largest absolute Gasteiger partial charge is 0.449 e. The Morgan fingerprint density at radius 2 is 2.22 bits per heavy atom. The second-order valence-corrected chi connectivity index (χ2v) is 4.59. The van der Waals surface area contributed by atoms with Gasteiger partial charge in [0, 0.05) is 26.1 Å². The predicted molar refractivity (Wildman–Crippen MR) is 71.8 cm³/mol. The van der Waals surface area contributed by atoms with E-state index in [1.165, 1.54) is 0 Å². The molecular formula is C10H16ClN5OS. The molecule has 6 nitrogen and oxygen atoms in total. The Hall–Kier alpha value is -1.05. The number of rotatable bonds is 5. The van der Waals surface area contributed by atoms with Gasteiger partial charge in [-0.05, 0) is 6.54 Å². The van der Waals surface area contributed by atoms with E-state index < -0.39 is 0 Å². The number of halogens is 1. The van der Waals surface area contributed by atoms with Crippen LogP contribution in [0.5, 0.6) is 0 Å². The van der Waals surface area contributed by atoms with Crippen molar-refractivity contribution in [3.05, 3.63) is 23.7 Å². The van der Waals surface area contributed by atoms with E-state index in [4.69, 9.17) is 10.2 Å². The minimum atomic E-state index is 0. The average Bonchev–Trinajstić information content (AvgIpc) is 2.86. The van der Waals surface area contributed by atoms with Crippen molar-refractivity contribution in [3.63, 3.8) is 0 Å². The van der Waals surface area contributed by atoms with E-state index in [0.29, 0.717) is 12.4 Å². The highest BCUT2D eigenvalue weighted by molar-refractivity contribution is 7.98. The van der Waals surface area contributed by atoms with Gasteiger partial charge in [-0.1, -0.05) is 11.8 Å². The molecule has 0 bridgehead atoms. The summed E-state index contributed by atoms with van der Waals surface area (Å²) in [6.45, 7) is 2.41. The number of nitrogens with two attached hydrogens (primary N) is 1. The topological polar surface area (TPSA) is 82.8 Å². The minimum absolute atomic E-state index is 0. The van der Waals surface area contributed by atoms with Crippen LogP contribution in [0.1, 0.15) is 17.4 Å². The minimum Gasteiger partial charge on any atom is -0.449 e. The lowest BCUT2D eigenvalue weighted by atomic mass is 10.4. The zero-order chi connectivity index (χ0) is 12.3. The summed E-state index contributed by atoms with van der Waals surface area (Å²) in [6, 6.07) is 0. The Morgan fingerprint density at radius 1 is 1.44 bits per heavy atom. The fourth-order valence-corrected chi connectivity index (χ4v) is 2.24. The van der Waals surface area contributed by atoms with Gasteiger partial charge in [0.2, 0.25) is 0 Å². The van der Waals surface area contributed by atoms with E-state index in [1.54, 1.807) is 18.0 Å². The van der Waals surface area contributed by atoms with Gasteiger partial charge in [0.15, 0.2) is 11.0 Å². The van der Waals surface area contributed by atoms with Crippen LogP contribution in [0, 0.1) is 6.92 Å². The van der Waals surface area contributed by atoms with Gasteiger partial charge in [-0.25, -0.2) is 4.98 Å². The molecule has 2 aromatic rings. The third kappa shape index (κ3) is 3.47. The van der Waals surface area contributed by atoms with Gasteiger partial charge in [0.25, 0.3) is 0 Å². The Kier molecular flexibility index (Phi) is 5.64. The third-order valence-corrected chi connectivity index (χ3v) is 3.36. The van der Waals surface area contributed by atoms with Crippen LogP contribution in [0.2, 0.25) is 0 Å². The van der Waals surface area contributed by atoms with Gasteiger partial charge < -0.3 is 14.7 Å². The van der Waals surface area contributed by atoms with Gasteiger partial charge in [-0.3, -0.25) is 0 Å². The van der Waals surface area contributed by atoms with Crippen LogP contribution in [0.3, 0.4) is 0 Å². The molecule has 2 N–H and O–H groups in total. The van der Waals surface area contributed by atoms with E-state index in [1.807, 2.05) is 18.5 Å². The average molecular weight is 290 g/mol. The van der Waals surface area contributed by atoms with Crippen LogP contribution < -0.4 is 5.73 Å². The zero-order valence-electron chi connectivity index (χ0n) is 10.3. The monoisotopic (exact) mass is 289 g/mol. The van der Waals surface area contributed by atoms with Crippen LogP contribution in [-0.4, -0.2) is 26.3 Å². The summed E-state index contributed by atoms with van der Waals surface area (Å²) in [6.07, 6.45) is 2.41. The summed E-state index contributed by atoms with van der Waals surface area (Å²) in [5, 5.41) is 9.08. The van der Waals surface area contributed by atoms with Crippen molar-refractivity contribution in [3.8, 4) is 0 Å². The fraction of sp³-hybridized carbons (Fsp3) is 0.500. The smallest absolute Gasteiger partial charge is 0.191 e. The summed E-state index contributed by atoms with van der Waals surface area (Å²) in [5.74, 6) is 2.32. The maximum absolute atomic E-state index is 5.50. The summed E-state index contributed by atoms with van der Waals surface area (Å²) < 4.78 is 7.11. The first-order valence-electron chi connectivity index (χ1n) is 5.33. The van der Waals surface area contributed by atoms with Crippen LogP contribution >= 0.6 is 24.2 Å². The van der Waals surface area contributed by atoms with Crippen molar-refractivity contribution in [2.24, 2.45) is 12.8 Å². The normalized spacial score (nSPS) is 10.4. The van der Waals surface area contributed by atoms with E-state index in [2.05, 4.69) is 15.2 Å². The van der Waals surface area contributed by atoms with E-state index in [0.717, 1.165) is 28.8 Å². The van der Waals surface area contributed by atoms with Gasteiger partial charge in [-0.2, -0.15) is 0 Å². The molecule has 100 valence electrons. The molecule has 2 aromatic heterocycles. The molecule has 8 heteroatoms. The fourth-order valence-electron chi connectivity index (χ4n) is 1.43. The number of aryl methyl sites for hydroxylation is 1. The van der Waals surface area contributed by atoms with Crippen molar-refractivity contribution in [1.29, 1.82) is 0 Å². The van der Waals surface area contributed by atoms with Crippen LogP contribution in [0.15, 0.2) is 15.8 Å². The van der Waals surface area contributed by atoms with Crippen molar-refractivity contribution < 1.29 is 4.42 Å². The molecule has 0 aliphatic carbocycles. The summed E-state index contributed by atoms with van der Waals surface area (Å²) in [4.78, 5) is 4.23. The Bertz CT molecular complexity index is 498. The maximum atomic E-state index is 5.50. The van der Waals surface area contributed by atoms with Crippen molar-refractivity contribution in [2.75, 3.05) is 6.54 Å². The number of hydrogen-bond donors (Lipinski definition) is 1. The Labute approximate surface area is 116 Å². The SMILES string of the molecule is Cc1nc(CSc2nnc(CCN)n2C)co1.Cl. The molecule has 0 fully saturated rings. The molecule has 0 spiro atoms. The summed E-state index contributed by atoms with van der Waals surface area (Å²) in [7, 11) is 1.95. The molecule has 0 saturated carbocycles. The van der Waals surface area contributed by atoms with E-state index in [9.17, 15) is 0 Å². The first-order chi connectivity index (χ1) is 8.20. The van der Waals surface area contributed by atoms with Crippen LogP contribution in [0.4, 0.5) is 0 Å². The predicted octanol–water partition coefficient (Wildman–Crippen LogP) is 1.33. The number of oxazole rings is 1. The standard InChI is InChI=1S/C10H15N5OS.ClH/c1-7-12-8(5-16-7)6-17-10-14-13-9(3-4-11)15(10)2;/h5H,3-4,6,11H2,1-2H3;1H. The first-order valence-corrected chi connectivity index (χ1v) is 6.31. The molecule has 0 atom stereocenters. The lowest BCUT2D eigenvalue weighted by Gasteiger charge is -2.01. The van der Waals surface area contributed by atoms with Gasteiger partial charge in [-0.15, -0.1) is 22.6 Å². The molecular weight excluding hydrogens is 274 g/mol. The highest BCUT2D eigenvalue weighted by atomic mass is 35.5. The lowest BCUT2D eigenvalue weighted by molar-refractivity contribution is 0.521. The number of hydrogen-bond acceptors (Lipinski definition) is 6. The zero-order valence-corrected chi connectivity index (χ0v) is 11.9. The van der Waals surface area contributed by atoms with Crippen molar-refractivity contribution >= 4 is 24.2 Å². The molecule has 18 heavy (non-hydrogen) atoms. The molecule has 0 aromatic carbocycles. The van der Waals surface area contributed by atoms with Gasteiger partial charge in [0.1, 0.15) is 12.1 Å². The maximum Gasteiger partial charge on any atom is 0.191 e. The molecule has 0 radical (unpaired) electrons. The highest BCUT2D eigenvalue weighted by Gasteiger charge is 2.09. The lowest BCUT2D eigenvalue weighted by Crippen LogP contribution is -2.08. The Balaban J connectivity index is 0.00000162. The third-order valence-electron chi connectivity index (χ3n) is 2.31. The van der Waals surface area contributed by atoms with Crippen LogP contribution in [0.25, 0.3) is 0 Å². The summed E-state index contributed by atoms with van der Waals surface area (Å²) >= 11 is 1.59. The molecule has 0 aliphatic rings. The van der Waals surface area contributed by atoms with Gasteiger partial charge >= 0.3 is 0 Å². The van der Waals surface area contributed by atoms with E-state index >= 15 is 0 Å². The number of aromatic nitrogens is 4. The summed E-state index contributed by atoms with van der Waals surface area (Å²) in [5.41, 5.74) is 6.41. The van der Waals surface area contributed by atoms with E-state index in [-0.39, 0.29) is 12.4 Å². The van der Waals surface area contributed by atoms with Crippen molar-refractivity contribution in [1.82, 2.24) is 19.7 Å². The number of thioether (sulfide) groups is 1. The molecule has 0 aliphatic heterocycles. The number of nitrogens with zero attached hydrogens (tertiary/aromatic N) is 4. The second kappa shape index (κ2) is 6.77. The first kappa shape index (κ1) is 15.0. The Morgan fingerprint density at radius 3 is 2.83 bits per heavy atom. The van der Waals surface area contributed by atoms with Crippen molar-refractivity contribution in [2.45, 2.75) is 24.3 Å². The quantitative estimate of drug-likeness (QED) is 0.836. The molecule has 0 amide bonds.